The number of hydrogen-bond acceptors (Lipinski definition) is 8. The second-order valence-corrected chi connectivity index (χ2v) is 4.31. The first kappa shape index (κ1) is 14.7. The minimum atomic E-state index is -1.52. The lowest BCUT2D eigenvalue weighted by molar-refractivity contribution is -0.147. The third-order valence-electron chi connectivity index (χ3n) is 2.85. The molecule has 0 bridgehead atoms. The van der Waals surface area contributed by atoms with E-state index in [1.807, 2.05) is 0 Å². The minimum absolute atomic E-state index is 0.121. The van der Waals surface area contributed by atoms with E-state index in [-0.39, 0.29) is 11.3 Å². The van der Waals surface area contributed by atoms with Crippen molar-refractivity contribution in [2.75, 3.05) is 12.3 Å². The molecular formula is C13H13NO7. The van der Waals surface area contributed by atoms with Crippen molar-refractivity contribution in [3.63, 3.8) is 0 Å². The van der Waals surface area contributed by atoms with E-state index < -0.39 is 42.3 Å². The first-order chi connectivity index (χ1) is 9.91. The number of carbonyl (C=O) groups excluding carboxylic acids is 2. The van der Waals surface area contributed by atoms with E-state index in [4.69, 9.17) is 15.6 Å². The van der Waals surface area contributed by atoms with Gasteiger partial charge in [-0.05, 0) is 12.1 Å². The quantitative estimate of drug-likeness (QED) is 0.451. The number of carbonyl (C=O) groups is 2. The Morgan fingerprint density at radius 3 is 2.62 bits per heavy atom. The average molecular weight is 295 g/mol. The van der Waals surface area contributed by atoms with Gasteiger partial charge in [-0.2, -0.15) is 0 Å². The zero-order valence-electron chi connectivity index (χ0n) is 10.7. The van der Waals surface area contributed by atoms with Gasteiger partial charge in [0.15, 0.2) is 11.9 Å². The molecule has 0 aromatic heterocycles. The summed E-state index contributed by atoms with van der Waals surface area (Å²) < 4.78 is 9.36. The molecule has 0 spiro atoms. The molecule has 21 heavy (non-hydrogen) atoms. The Balaban J connectivity index is 1.96. The molecule has 1 aliphatic rings. The van der Waals surface area contributed by atoms with Gasteiger partial charge in [-0.3, -0.25) is 0 Å². The van der Waals surface area contributed by atoms with Crippen LogP contribution in [0.5, 0.6) is 0 Å². The third-order valence-corrected chi connectivity index (χ3v) is 2.85. The lowest BCUT2D eigenvalue weighted by atomic mass is 10.1. The molecule has 2 atom stereocenters. The molecule has 1 aromatic rings. The van der Waals surface area contributed by atoms with E-state index in [0.29, 0.717) is 0 Å². The lowest BCUT2D eigenvalue weighted by Gasteiger charge is -2.17. The van der Waals surface area contributed by atoms with Gasteiger partial charge in [0.25, 0.3) is 0 Å². The molecule has 2 rings (SSSR count). The maximum Gasteiger partial charge on any atom is 0.377 e. The molecule has 1 aliphatic heterocycles. The summed E-state index contributed by atoms with van der Waals surface area (Å²) in [5.74, 6) is -3.71. The Bertz CT molecular complexity index is 610. The summed E-state index contributed by atoms with van der Waals surface area (Å²) in [5, 5.41) is 28.2. The van der Waals surface area contributed by atoms with Gasteiger partial charge in [0.2, 0.25) is 5.76 Å². The van der Waals surface area contributed by atoms with Crippen molar-refractivity contribution < 1.29 is 34.4 Å². The summed E-state index contributed by atoms with van der Waals surface area (Å²) in [6, 6.07) is 6.19. The molecule has 0 saturated heterocycles. The number of hydrogen-bond donors (Lipinski definition) is 4. The van der Waals surface area contributed by atoms with Gasteiger partial charge in [-0.25, -0.2) is 9.59 Å². The van der Waals surface area contributed by atoms with Gasteiger partial charge >= 0.3 is 11.9 Å². The van der Waals surface area contributed by atoms with Gasteiger partial charge < -0.3 is 30.5 Å². The number of esters is 2. The fourth-order valence-corrected chi connectivity index (χ4v) is 1.74. The SMILES string of the molecule is Nc1ccccc1C(=O)OC[C@@H](O)[C@H]1OC(=O)C(O)=C1O. The van der Waals surface area contributed by atoms with Crippen LogP contribution in [0.15, 0.2) is 35.8 Å². The fourth-order valence-electron chi connectivity index (χ4n) is 1.74. The summed E-state index contributed by atoms with van der Waals surface area (Å²) >= 11 is 0. The molecule has 0 radical (unpaired) electrons. The number of nitrogens with two attached hydrogens (primary N) is 1. The molecule has 0 fully saturated rings. The van der Waals surface area contributed by atoms with Crippen LogP contribution < -0.4 is 5.73 Å². The Labute approximate surface area is 119 Å². The normalized spacial score (nSPS) is 19.3. The smallest absolute Gasteiger partial charge is 0.377 e. The first-order valence-corrected chi connectivity index (χ1v) is 5.94. The van der Waals surface area contributed by atoms with Crippen LogP contribution in [0.25, 0.3) is 0 Å². The number of aliphatic hydroxyl groups is 3. The summed E-state index contributed by atoms with van der Waals surface area (Å²) in [7, 11) is 0. The van der Waals surface area contributed by atoms with Crippen LogP contribution in [0.2, 0.25) is 0 Å². The highest BCUT2D eigenvalue weighted by Crippen LogP contribution is 2.22. The molecular weight excluding hydrogens is 282 g/mol. The first-order valence-electron chi connectivity index (χ1n) is 5.94. The highest BCUT2D eigenvalue weighted by atomic mass is 16.6. The Morgan fingerprint density at radius 1 is 1.38 bits per heavy atom. The number of anilines is 1. The number of para-hydroxylation sites is 1. The summed E-state index contributed by atoms with van der Waals surface area (Å²) in [4.78, 5) is 22.7. The monoisotopic (exact) mass is 295 g/mol. The van der Waals surface area contributed by atoms with Crippen molar-refractivity contribution in [3.8, 4) is 0 Å². The highest BCUT2D eigenvalue weighted by molar-refractivity contribution is 5.95. The van der Waals surface area contributed by atoms with Gasteiger partial charge in [0.05, 0.1) is 5.56 Å². The summed E-state index contributed by atoms with van der Waals surface area (Å²) in [6.45, 7) is -0.553. The molecule has 5 N–H and O–H groups in total. The zero-order valence-corrected chi connectivity index (χ0v) is 10.7. The zero-order chi connectivity index (χ0) is 15.6. The number of benzene rings is 1. The van der Waals surface area contributed by atoms with Crippen LogP contribution in [-0.2, 0) is 14.3 Å². The number of ether oxygens (including phenoxy) is 2. The van der Waals surface area contributed by atoms with Gasteiger partial charge in [0, 0.05) is 5.69 Å². The van der Waals surface area contributed by atoms with Crippen molar-refractivity contribution in [2.45, 2.75) is 12.2 Å². The third kappa shape index (κ3) is 2.90. The van der Waals surface area contributed by atoms with Crippen molar-refractivity contribution in [3.05, 3.63) is 41.3 Å². The maximum absolute atomic E-state index is 11.8. The molecule has 112 valence electrons. The van der Waals surface area contributed by atoms with Crippen LogP contribution in [0.1, 0.15) is 10.4 Å². The van der Waals surface area contributed by atoms with Crippen molar-refractivity contribution in [1.82, 2.24) is 0 Å². The fraction of sp³-hybridized carbons (Fsp3) is 0.231. The van der Waals surface area contributed by atoms with E-state index >= 15 is 0 Å². The van der Waals surface area contributed by atoms with E-state index in [1.54, 1.807) is 12.1 Å². The van der Waals surface area contributed by atoms with Crippen LogP contribution in [0.3, 0.4) is 0 Å². The van der Waals surface area contributed by atoms with Gasteiger partial charge in [-0.15, -0.1) is 0 Å². The number of aliphatic hydroxyl groups excluding tert-OH is 3. The minimum Gasteiger partial charge on any atom is -0.505 e. The molecule has 8 heteroatoms. The lowest BCUT2D eigenvalue weighted by Crippen LogP contribution is -2.33. The van der Waals surface area contributed by atoms with Crippen LogP contribution in [0, 0.1) is 0 Å². The second-order valence-electron chi connectivity index (χ2n) is 4.31. The predicted molar refractivity (Wildman–Crippen MR) is 69.3 cm³/mol. The number of nitrogen functional groups attached to an aromatic ring is 1. The standard InChI is InChI=1S/C13H13NO7/c14-7-4-2-1-3-6(7)12(18)20-5-8(15)11-9(16)10(17)13(19)21-11/h1-4,8,11,15-17H,5,14H2/t8-,11-/m1/s1. The predicted octanol–water partition coefficient (Wildman–Crippen LogP) is 0.0395. The van der Waals surface area contributed by atoms with Crippen LogP contribution >= 0.6 is 0 Å². The molecule has 1 aromatic carbocycles. The topological polar surface area (TPSA) is 139 Å². The Kier molecular flexibility index (Phi) is 3.99. The van der Waals surface area contributed by atoms with E-state index in [1.165, 1.54) is 12.1 Å². The van der Waals surface area contributed by atoms with Gasteiger partial charge in [-0.1, -0.05) is 12.1 Å². The summed E-state index contributed by atoms with van der Waals surface area (Å²) in [5.41, 5.74) is 5.93. The number of cyclic esters (lactones) is 1. The van der Waals surface area contributed by atoms with Gasteiger partial charge in [0.1, 0.15) is 12.7 Å². The van der Waals surface area contributed by atoms with Crippen LogP contribution in [0.4, 0.5) is 5.69 Å². The molecule has 0 saturated carbocycles. The molecule has 0 aliphatic carbocycles. The second kappa shape index (κ2) is 5.71. The average Bonchev–Trinajstić information content (AvgIpc) is 2.72. The van der Waals surface area contributed by atoms with E-state index in [0.717, 1.165) is 0 Å². The van der Waals surface area contributed by atoms with Crippen molar-refractivity contribution >= 4 is 17.6 Å². The molecule has 1 heterocycles. The van der Waals surface area contributed by atoms with Crippen molar-refractivity contribution in [2.24, 2.45) is 0 Å². The van der Waals surface area contributed by atoms with Crippen LogP contribution in [-0.4, -0.2) is 46.1 Å². The maximum atomic E-state index is 11.8. The molecule has 0 amide bonds. The Morgan fingerprint density at radius 2 is 2.05 bits per heavy atom. The van der Waals surface area contributed by atoms with Crippen molar-refractivity contribution in [1.29, 1.82) is 0 Å². The summed E-state index contributed by atoms with van der Waals surface area (Å²) in [6.07, 6.45) is -2.99. The molecule has 8 nitrogen and oxygen atoms in total. The van der Waals surface area contributed by atoms with E-state index in [2.05, 4.69) is 4.74 Å². The highest BCUT2D eigenvalue weighted by Gasteiger charge is 2.39. The molecule has 0 unspecified atom stereocenters. The van der Waals surface area contributed by atoms with E-state index in [9.17, 15) is 19.8 Å². The largest absolute Gasteiger partial charge is 0.505 e. The Hall–Kier alpha value is -2.74. The number of rotatable bonds is 4.